The minimum Gasteiger partial charge on any atom is -0.508 e. The van der Waals surface area contributed by atoms with Crippen LogP contribution in [-0.4, -0.2) is 5.11 Å². The molecule has 2 aromatic rings. The van der Waals surface area contributed by atoms with Gasteiger partial charge in [0.1, 0.15) is 17.6 Å². The van der Waals surface area contributed by atoms with Crippen molar-refractivity contribution in [2.75, 3.05) is 0 Å². The van der Waals surface area contributed by atoms with Gasteiger partial charge >= 0.3 is 0 Å². The van der Waals surface area contributed by atoms with Crippen LogP contribution < -0.4 is 4.74 Å². The Morgan fingerprint density at radius 1 is 1.17 bits per heavy atom. The number of hydrogen-bond donors (Lipinski definition) is 1. The van der Waals surface area contributed by atoms with Gasteiger partial charge in [0, 0.05) is 0 Å². The molecule has 1 atom stereocenters. The largest absolute Gasteiger partial charge is 0.508 e. The molecule has 0 unspecified atom stereocenters. The number of ether oxygens (including phenoxy) is 1. The molecule has 0 aliphatic carbocycles. The molecule has 3 rings (SSSR count). The van der Waals surface area contributed by atoms with Gasteiger partial charge in [0.25, 0.3) is 0 Å². The minimum absolute atomic E-state index is 0.128. The van der Waals surface area contributed by atoms with E-state index in [4.69, 9.17) is 4.74 Å². The zero-order valence-electron chi connectivity index (χ0n) is 10.4. The standard InChI is InChI=1S/C16H16O2/c1-11-4-2-3-5-14(11)16-8-6-12-10-13(17)7-9-15(12)18-16/h2-5,7,9-10,16-17H,6,8H2,1H3/t16-/m1/s1. The van der Waals surface area contributed by atoms with Crippen LogP contribution in [-0.2, 0) is 6.42 Å². The topological polar surface area (TPSA) is 29.5 Å². The van der Waals surface area contributed by atoms with Gasteiger partial charge in [0.2, 0.25) is 0 Å². The lowest BCUT2D eigenvalue weighted by molar-refractivity contribution is 0.175. The molecule has 0 spiro atoms. The van der Waals surface area contributed by atoms with E-state index < -0.39 is 0 Å². The quantitative estimate of drug-likeness (QED) is 0.822. The Balaban J connectivity index is 1.92. The summed E-state index contributed by atoms with van der Waals surface area (Å²) in [6.45, 7) is 2.12. The maximum Gasteiger partial charge on any atom is 0.124 e. The summed E-state index contributed by atoms with van der Waals surface area (Å²) in [4.78, 5) is 0. The Hall–Kier alpha value is -1.96. The van der Waals surface area contributed by atoms with Gasteiger partial charge in [-0.1, -0.05) is 24.3 Å². The number of fused-ring (bicyclic) bond motifs is 1. The van der Waals surface area contributed by atoms with E-state index in [1.165, 1.54) is 11.1 Å². The van der Waals surface area contributed by atoms with Crippen LogP contribution in [0, 0.1) is 6.92 Å². The summed E-state index contributed by atoms with van der Waals surface area (Å²) in [5, 5.41) is 9.46. The third kappa shape index (κ3) is 1.94. The van der Waals surface area contributed by atoms with Crippen molar-refractivity contribution >= 4 is 0 Å². The second-order valence-electron chi connectivity index (χ2n) is 4.79. The highest BCUT2D eigenvalue weighted by Crippen LogP contribution is 2.37. The summed E-state index contributed by atoms with van der Waals surface area (Å²) < 4.78 is 6.04. The molecule has 92 valence electrons. The summed E-state index contributed by atoms with van der Waals surface area (Å²) in [6.07, 6.45) is 2.03. The molecule has 0 radical (unpaired) electrons. The van der Waals surface area contributed by atoms with Gasteiger partial charge in [-0.3, -0.25) is 0 Å². The molecule has 2 aromatic carbocycles. The van der Waals surface area contributed by atoms with Crippen LogP contribution in [0.2, 0.25) is 0 Å². The lowest BCUT2D eigenvalue weighted by Gasteiger charge is -2.27. The van der Waals surface area contributed by atoms with E-state index >= 15 is 0 Å². The molecule has 2 nitrogen and oxygen atoms in total. The number of phenols is 1. The number of benzene rings is 2. The predicted octanol–water partition coefficient (Wildman–Crippen LogP) is 3.77. The third-order valence-electron chi connectivity index (χ3n) is 3.52. The molecular weight excluding hydrogens is 224 g/mol. The lowest BCUT2D eigenvalue weighted by Crippen LogP contribution is -2.15. The van der Waals surface area contributed by atoms with Gasteiger partial charge in [-0.05, 0) is 54.7 Å². The number of phenolic OH excluding ortho intramolecular Hbond substituents is 1. The van der Waals surface area contributed by atoms with Gasteiger partial charge in [-0.15, -0.1) is 0 Å². The van der Waals surface area contributed by atoms with Crippen LogP contribution in [0.5, 0.6) is 11.5 Å². The van der Waals surface area contributed by atoms with E-state index in [0.29, 0.717) is 5.75 Å². The molecule has 1 aliphatic heterocycles. The summed E-state index contributed by atoms with van der Waals surface area (Å²) in [7, 11) is 0. The summed E-state index contributed by atoms with van der Waals surface area (Å²) >= 11 is 0. The molecule has 2 heteroatoms. The van der Waals surface area contributed by atoms with E-state index in [-0.39, 0.29) is 6.10 Å². The molecule has 0 bridgehead atoms. The SMILES string of the molecule is Cc1ccccc1[C@H]1CCc2cc(O)ccc2O1. The third-order valence-corrected chi connectivity index (χ3v) is 3.52. The molecule has 1 aliphatic rings. The van der Waals surface area contributed by atoms with Crippen LogP contribution in [0.25, 0.3) is 0 Å². The van der Waals surface area contributed by atoms with Gasteiger partial charge < -0.3 is 9.84 Å². The molecule has 0 fully saturated rings. The van der Waals surface area contributed by atoms with Crippen molar-refractivity contribution in [2.45, 2.75) is 25.9 Å². The minimum atomic E-state index is 0.128. The molecule has 1 heterocycles. The lowest BCUT2D eigenvalue weighted by atomic mass is 9.95. The molecule has 0 amide bonds. The van der Waals surface area contributed by atoms with Crippen molar-refractivity contribution in [3.05, 3.63) is 59.2 Å². The van der Waals surface area contributed by atoms with Crippen molar-refractivity contribution in [1.29, 1.82) is 0 Å². The number of aryl methyl sites for hydroxylation is 2. The summed E-state index contributed by atoms with van der Waals surface area (Å²) in [5.41, 5.74) is 3.63. The first-order chi connectivity index (χ1) is 8.74. The highest BCUT2D eigenvalue weighted by atomic mass is 16.5. The fourth-order valence-corrected chi connectivity index (χ4v) is 2.54. The molecular formula is C16H16O2. The Morgan fingerprint density at radius 2 is 2.00 bits per heavy atom. The van der Waals surface area contributed by atoms with Crippen molar-refractivity contribution in [3.8, 4) is 11.5 Å². The molecule has 1 N–H and O–H groups in total. The summed E-state index contributed by atoms with van der Waals surface area (Å²) in [6, 6.07) is 13.7. The summed E-state index contributed by atoms with van der Waals surface area (Å²) in [5.74, 6) is 1.21. The zero-order valence-corrected chi connectivity index (χ0v) is 10.4. The van der Waals surface area contributed by atoms with E-state index in [0.717, 1.165) is 24.2 Å². The highest BCUT2D eigenvalue weighted by Gasteiger charge is 2.22. The monoisotopic (exact) mass is 240 g/mol. The van der Waals surface area contributed by atoms with Crippen LogP contribution in [0.4, 0.5) is 0 Å². The smallest absolute Gasteiger partial charge is 0.124 e. The van der Waals surface area contributed by atoms with Crippen molar-refractivity contribution in [1.82, 2.24) is 0 Å². The van der Waals surface area contributed by atoms with Crippen LogP contribution in [0.3, 0.4) is 0 Å². The fourth-order valence-electron chi connectivity index (χ4n) is 2.54. The Labute approximate surface area is 107 Å². The average molecular weight is 240 g/mol. The van der Waals surface area contributed by atoms with Crippen molar-refractivity contribution < 1.29 is 9.84 Å². The van der Waals surface area contributed by atoms with Crippen LogP contribution >= 0.6 is 0 Å². The second-order valence-corrected chi connectivity index (χ2v) is 4.79. The number of rotatable bonds is 1. The van der Waals surface area contributed by atoms with Crippen LogP contribution in [0.15, 0.2) is 42.5 Å². The predicted molar refractivity (Wildman–Crippen MR) is 71.0 cm³/mol. The first-order valence-corrected chi connectivity index (χ1v) is 6.28. The first-order valence-electron chi connectivity index (χ1n) is 6.28. The zero-order chi connectivity index (χ0) is 12.5. The maximum atomic E-state index is 9.46. The van der Waals surface area contributed by atoms with Gasteiger partial charge in [0.05, 0.1) is 0 Å². The van der Waals surface area contributed by atoms with Gasteiger partial charge in [0.15, 0.2) is 0 Å². The van der Waals surface area contributed by atoms with E-state index in [2.05, 4.69) is 25.1 Å². The first kappa shape index (κ1) is 11.1. The van der Waals surface area contributed by atoms with E-state index in [1.54, 1.807) is 12.1 Å². The molecule has 0 aromatic heterocycles. The normalized spacial score (nSPS) is 17.9. The second kappa shape index (κ2) is 4.37. The van der Waals surface area contributed by atoms with Gasteiger partial charge in [-0.2, -0.15) is 0 Å². The van der Waals surface area contributed by atoms with Crippen LogP contribution in [0.1, 0.15) is 29.2 Å². The van der Waals surface area contributed by atoms with Gasteiger partial charge in [-0.25, -0.2) is 0 Å². The average Bonchev–Trinajstić information content (AvgIpc) is 2.39. The molecule has 18 heavy (non-hydrogen) atoms. The van der Waals surface area contributed by atoms with Crippen molar-refractivity contribution in [2.24, 2.45) is 0 Å². The van der Waals surface area contributed by atoms with Crippen molar-refractivity contribution in [3.63, 3.8) is 0 Å². The molecule has 0 saturated carbocycles. The fraction of sp³-hybridized carbons (Fsp3) is 0.250. The highest BCUT2D eigenvalue weighted by molar-refractivity contribution is 5.42. The number of hydrogen-bond acceptors (Lipinski definition) is 2. The Bertz CT molecular complexity index is 575. The Kier molecular flexibility index (Phi) is 2.71. The maximum absolute atomic E-state index is 9.46. The Morgan fingerprint density at radius 3 is 2.83 bits per heavy atom. The molecule has 0 saturated heterocycles. The number of aromatic hydroxyl groups is 1. The van der Waals surface area contributed by atoms with E-state index in [1.807, 2.05) is 12.1 Å². The van der Waals surface area contributed by atoms with E-state index in [9.17, 15) is 5.11 Å².